The zero-order valence-corrected chi connectivity index (χ0v) is 19.4. The summed E-state index contributed by atoms with van der Waals surface area (Å²) in [5.74, 6) is -1.13. The minimum Gasteiger partial charge on any atom is -0.504 e. The summed E-state index contributed by atoms with van der Waals surface area (Å²) in [5.41, 5.74) is 3.65. The number of fused-ring (bicyclic) bond motifs is 1. The number of alkyl halides is 3. The molecule has 0 aromatic heterocycles. The number of aryl methyl sites for hydroxylation is 1. The van der Waals surface area contributed by atoms with Gasteiger partial charge in [0.05, 0.1) is 13.2 Å². The van der Waals surface area contributed by atoms with E-state index in [0.717, 1.165) is 17.7 Å². The predicted octanol–water partition coefficient (Wildman–Crippen LogP) is 4.34. The third kappa shape index (κ3) is 5.66. The Morgan fingerprint density at radius 3 is 2.53 bits per heavy atom. The van der Waals surface area contributed by atoms with Gasteiger partial charge in [0.2, 0.25) is 0 Å². The number of benzene rings is 2. The fraction of sp³-hybridized carbons (Fsp3) is 0.520. The number of aliphatic hydroxyl groups excluding tert-OH is 1. The molecule has 0 radical (unpaired) electrons. The van der Waals surface area contributed by atoms with Gasteiger partial charge in [0.1, 0.15) is 6.23 Å². The number of aromatic hydroxyl groups is 1. The highest BCUT2D eigenvalue weighted by Gasteiger charge is 2.35. The average molecular weight is 481 g/mol. The lowest BCUT2D eigenvalue weighted by Gasteiger charge is -2.36. The van der Waals surface area contributed by atoms with Crippen LogP contribution in [0.25, 0.3) is 0 Å². The summed E-state index contributed by atoms with van der Waals surface area (Å²) < 4.78 is 47.2. The van der Waals surface area contributed by atoms with E-state index in [2.05, 4.69) is 29.6 Å². The molecule has 0 aliphatic carbocycles. The van der Waals surface area contributed by atoms with E-state index in [-0.39, 0.29) is 5.54 Å². The van der Waals surface area contributed by atoms with Crippen LogP contribution < -0.4 is 4.74 Å². The Bertz CT molecular complexity index is 1010. The van der Waals surface area contributed by atoms with E-state index in [1.807, 2.05) is 17.0 Å². The average Bonchev–Trinajstić information content (AvgIpc) is 3.24. The number of halogens is 3. The highest BCUT2D eigenvalue weighted by molar-refractivity contribution is 5.42. The van der Waals surface area contributed by atoms with E-state index in [0.29, 0.717) is 51.3 Å². The number of aliphatic hydroxyl groups is 1. The highest BCUT2D eigenvalue weighted by Crippen LogP contribution is 2.37. The number of hydrogen-bond donors (Lipinski definition) is 2. The lowest BCUT2D eigenvalue weighted by molar-refractivity contribution is -0.275. The van der Waals surface area contributed by atoms with Gasteiger partial charge in [0, 0.05) is 37.3 Å². The normalized spacial score (nSPS) is 18.6. The largest absolute Gasteiger partial charge is 0.573 e. The van der Waals surface area contributed by atoms with Crippen LogP contribution in [0.3, 0.4) is 0 Å². The predicted molar refractivity (Wildman–Crippen MR) is 120 cm³/mol. The number of ether oxygens (including phenoxy) is 2. The van der Waals surface area contributed by atoms with Gasteiger partial charge in [-0.2, -0.15) is 0 Å². The minimum absolute atomic E-state index is 0.247. The van der Waals surface area contributed by atoms with E-state index in [4.69, 9.17) is 4.74 Å². The van der Waals surface area contributed by atoms with Crippen molar-refractivity contribution < 1.29 is 32.9 Å². The topological polar surface area (TPSA) is 65.4 Å². The molecule has 2 aromatic rings. The summed E-state index contributed by atoms with van der Waals surface area (Å²) >= 11 is 0. The van der Waals surface area contributed by atoms with Gasteiger partial charge in [-0.25, -0.2) is 0 Å². The molecule has 4 rings (SSSR count). The fourth-order valence-electron chi connectivity index (χ4n) is 4.67. The molecule has 2 aromatic carbocycles. The maximum atomic E-state index is 12.6. The Morgan fingerprint density at radius 1 is 1.09 bits per heavy atom. The second-order valence-corrected chi connectivity index (χ2v) is 9.53. The lowest BCUT2D eigenvalue weighted by Crippen LogP contribution is -2.41. The molecule has 186 valence electrons. The van der Waals surface area contributed by atoms with Crippen molar-refractivity contribution in [2.45, 2.75) is 57.9 Å². The van der Waals surface area contributed by atoms with Crippen molar-refractivity contribution in [2.75, 3.05) is 26.3 Å². The van der Waals surface area contributed by atoms with Gasteiger partial charge in [-0.05, 0) is 55.5 Å². The smallest absolute Gasteiger partial charge is 0.504 e. The summed E-state index contributed by atoms with van der Waals surface area (Å²) in [6.07, 6.45) is -4.32. The molecule has 9 heteroatoms. The second kappa shape index (κ2) is 9.73. The van der Waals surface area contributed by atoms with Crippen LogP contribution in [0, 0.1) is 0 Å². The zero-order valence-electron chi connectivity index (χ0n) is 19.4. The third-order valence-electron chi connectivity index (χ3n) is 6.82. The molecule has 2 aliphatic heterocycles. The van der Waals surface area contributed by atoms with Crippen molar-refractivity contribution in [2.24, 2.45) is 0 Å². The minimum atomic E-state index is -4.86. The van der Waals surface area contributed by atoms with Crippen LogP contribution in [-0.4, -0.2) is 58.2 Å². The maximum absolute atomic E-state index is 12.6. The molecule has 0 bridgehead atoms. The van der Waals surface area contributed by atoms with Gasteiger partial charge in [-0.1, -0.05) is 24.3 Å². The van der Waals surface area contributed by atoms with Crippen LogP contribution in [-0.2, 0) is 24.2 Å². The molecule has 0 amide bonds. The van der Waals surface area contributed by atoms with Crippen molar-refractivity contribution in [3.8, 4) is 11.5 Å². The Hall–Kier alpha value is -2.33. The van der Waals surface area contributed by atoms with E-state index in [1.54, 1.807) is 6.07 Å². The number of hydrogen-bond acceptors (Lipinski definition) is 6. The zero-order chi connectivity index (χ0) is 24.5. The second-order valence-electron chi connectivity index (χ2n) is 9.53. The van der Waals surface area contributed by atoms with Crippen LogP contribution in [0.1, 0.15) is 48.8 Å². The van der Waals surface area contributed by atoms with Gasteiger partial charge in [0.25, 0.3) is 0 Å². The van der Waals surface area contributed by atoms with Crippen LogP contribution in [0.2, 0.25) is 0 Å². The number of morpholine rings is 1. The molecule has 1 saturated heterocycles. The Labute approximate surface area is 197 Å². The summed E-state index contributed by atoms with van der Waals surface area (Å²) in [5, 5.41) is 20.7. The number of nitrogens with zero attached hydrogens (tertiary/aromatic N) is 2. The van der Waals surface area contributed by atoms with Gasteiger partial charge < -0.3 is 19.7 Å². The van der Waals surface area contributed by atoms with Crippen LogP contribution in [0.15, 0.2) is 36.4 Å². The summed E-state index contributed by atoms with van der Waals surface area (Å²) in [6, 6.07) is 10.1. The first-order chi connectivity index (χ1) is 16.0. The van der Waals surface area contributed by atoms with Crippen molar-refractivity contribution >= 4 is 0 Å². The van der Waals surface area contributed by atoms with Gasteiger partial charge in [-0.3, -0.25) is 9.80 Å². The summed E-state index contributed by atoms with van der Waals surface area (Å²) in [7, 11) is 0. The maximum Gasteiger partial charge on any atom is 0.573 e. The Kier molecular flexibility index (Phi) is 7.09. The number of rotatable bonds is 7. The molecular weight excluding hydrogens is 449 g/mol. The molecule has 34 heavy (non-hydrogen) atoms. The van der Waals surface area contributed by atoms with Gasteiger partial charge >= 0.3 is 6.36 Å². The Morgan fingerprint density at radius 2 is 1.82 bits per heavy atom. The monoisotopic (exact) mass is 480 g/mol. The molecule has 1 fully saturated rings. The van der Waals surface area contributed by atoms with Crippen LogP contribution in [0.5, 0.6) is 11.5 Å². The molecular formula is C25H31F3N2O4. The lowest BCUT2D eigenvalue weighted by atomic mass is 9.93. The van der Waals surface area contributed by atoms with Gasteiger partial charge in [-0.15, -0.1) is 13.2 Å². The third-order valence-corrected chi connectivity index (χ3v) is 6.82. The highest BCUT2D eigenvalue weighted by atomic mass is 19.4. The molecule has 6 nitrogen and oxygen atoms in total. The first-order valence-corrected chi connectivity index (χ1v) is 11.5. The molecule has 2 N–H and O–H groups in total. The van der Waals surface area contributed by atoms with E-state index in [1.165, 1.54) is 17.7 Å². The van der Waals surface area contributed by atoms with Crippen molar-refractivity contribution in [3.63, 3.8) is 0 Å². The first kappa shape index (κ1) is 24.8. The first-order valence-electron chi connectivity index (χ1n) is 11.5. The van der Waals surface area contributed by atoms with E-state index in [9.17, 15) is 23.4 Å². The van der Waals surface area contributed by atoms with Crippen LogP contribution in [0.4, 0.5) is 13.2 Å². The van der Waals surface area contributed by atoms with Crippen LogP contribution >= 0.6 is 0 Å². The van der Waals surface area contributed by atoms with E-state index >= 15 is 0 Å². The summed E-state index contributed by atoms with van der Waals surface area (Å²) in [4.78, 5) is 4.36. The van der Waals surface area contributed by atoms with Crippen molar-refractivity contribution in [1.29, 1.82) is 0 Å². The molecule has 1 atom stereocenters. The standard InChI is InChI=1S/C25H31F3N2O4/c1-24(2,9-8-17-6-7-21(31)22(14-17)34-25(26,27)28)30-15-18-4-3-5-19(20(18)16-30)23(32)29-10-12-33-13-11-29/h3-7,14,23,31-32H,8-13,15-16H2,1-2H3. The number of phenolic OH excluding ortho intramolecular Hbond substituents is 1. The molecule has 0 spiro atoms. The fourth-order valence-corrected chi connectivity index (χ4v) is 4.67. The summed E-state index contributed by atoms with van der Waals surface area (Å²) in [6.45, 7) is 8.26. The number of phenols is 1. The quantitative estimate of drug-likeness (QED) is 0.615. The molecule has 2 aliphatic rings. The van der Waals surface area contributed by atoms with Crippen molar-refractivity contribution in [1.82, 2.24) is 9.80 Å². The van der Waals surface area contributed by atoms with E-state index < -0.39 is 24.1 Å². The molecule has 1 unspecified atom stereocenters. The SMILES string of the molecule is CC(C)(CCc1ccc(O)c(OC(F)(F)F)c1)N1Cc2cccc(C(O)N3CCOCC3)c2C1. The van der Waals surface area contributed by atoms with Crippen molar-refractivity contribution in [3.05, 3.63) is 58.7 Å². The van der Waals surface area contributed by atoms with Gasteiger partial charge in [0.15, 0.2) is 11.5 Å². The molecule has 2 heterocycles. The molecule has 0 saturated carbocycles. The Balaban J connectivity index is 1.44.